The molecule has 0 atom stereocenters. The maximum absolute atomic E-state index is 12.2. The number of hydrogen-bond acceptors (Lipinski definition) is 5. The van der Waals surface area contributed by atoms with E-state index in [1.165, 1.54) is 11.8 Å². The number of rotatable bonds is 6. The van der Waals surface area contributed by atoms with E-state index in [0.29, 0.717) is 22.2 Å². The fraction of sp³-hybridized carbons (Fsp3) is 0.333. The number of carbonyl (C=O) groups excluding carboxylic acids is 2. The van der Waals surface area contributed by atoms with Crippen molar-refractivity contribution >= 4 is 29.3 Å². The smallest absolute Gasteiger partial charge is 0.253 e. The second kappa shape index (κ2) is 6.82. The summed E-state index contributed by atoms with van der Waals surface area (Å²) in [6.07, 6.45) is 2.04. The summed E-state index contributed by atoms with van der Waals surface area (Å²) < 4.78 is 0. The van der Waals surface area contributed by atoms with Crippen molar-refractivity contribution in [1.29, 1.82) is 0 Å². The molecule has 7 nitrogen and oxygen atoms in total. The molecule has 1 heterocycles. The molecule has 1 aromatic heterocycles. The second-order valence-corrected chi connectivity index (χ2v) is 6.28. The van der Waals surface area contributed by atoms with Gasteiger partial charge in [0.1, 0.15) is 5.82 Å². The molecule has 1 fully saturated rings. The molecule has 1 aromatic carbocycles. The Bertz CT molecular complexity index is 726. The molecule has 0 saturated heterocycles. The quantitative estimate of drug-likeness (QED) is 0.700. The van der Waals surface area contributed by atoms with Gasteiger partial charge in [0.05, 0.1) is 17.0 Å². The van der Waals surface area contributed by atoms with Crippen LogP contribution in [0, 0.1) is 6.92 Å². The van der Waals surface area contributed by atoms with Crippen LogP contribution in [-0.2, 0) is 4.79 Å². The summed E-state index contributed by atoms with van der Waals surface area (Å²) in [6, 6.07) is 7.27. The minimum Gasteiger partial charge on any atom is -0.349 e. The van der Waals surface area contributed by atoms with Gasteiger partial charge in [-0.1, -0.05) is 23.9 Å². The highest BCUT2D eigenvalue weighted by Crippen LogP contribution is 2.22. The van der Waals surface area contributed by atoms with Crippen molar-refractivity contribution in [3.05, 3.63) is 35.7 Å². The van der Waals surface area contributed by atoms with Gasteiger partial charge in [0.2, 0.25) is 11.1 Å². The Kier molecular flexibility index (Phi) is 4.61. The third kappa shape index (κ3) is 4.32. The zero-order valence-electron chi connectivity index (χ0n) is 12.6. The van der Waals surface area contributed by atoms with Crippen LogP contribution in [0.3, 0.4) is 0 Å². The molecule has 120 valence electrons. The molecule has 0 aliphatic heterocycles. The number of nitrogens with one attached hydrogen (secondary N) is 3. The topological polar surface area (TPSA) is 99.8 Å². The highest BCUT2D eigenvalue weighted by atomic mass is 32.2. The third-order valence-corrected chi connectivity index (χ3v) is 4.11. The van der Waals surface area contributed by atoms with Crippen LogP contribution in [0.2, 0.25) is 0 Å². The summed E-state index contributed by atoms with van der Waals surface area (Å²) in [4.78, 5) is 28.4. The number of aromatic amines is 1. The number of anilines is 1. The molecule has 0 spiro atoms. The molecular weight excluding hydrogens is 314 g/mol. The molecular formula is C15H17N5O2S. The average Bonchev–Trinajstić information content (AvgIpc) is 3.25. The number of carbonyl (C=O) groups is 2. The Morgan fingerprint density at radius 3 is 2.83 bits per heavy atom. The lowest BCUT2D eigenvalue weighted by Gasteiger charge is -2.10. The predicted molar refractivity (Wildman–Crippen MR) is 87.4 cm³/mol. The fourth-order valence-corrected chi connectivity index (χ4v) is 2.63. The number of nitrogens with zero attached hydrogens (tertiary/aromatic N) is 2. The molecule has 3 N–H and O–H groups in total. The van der Waals surface area contributed by atoms with Crippen molar-refractivity contribution in [3.63, 3.8) is 0 Å². The molecule has 2 amide bonds. The van der Waals surface area contributed by atoms with Gasteiger partial charge in [0, 0.05) is 6.04 Å². The zero-order valence-corrected chi connectivity index (χ0v) is 13.4. The van der Waals surface area contributed by atoms with Gasteiger partial charge in [0.15, 0.2) is 0 Å². The first kappa shape index (κ1) is 15.5. The summed E-state index contributed by atoms with van der Waals surface area (Å²) in [5, 5.41) is 12.9. The molecule has 0 bridgehead atoms. The summed E-state index contributed by atoms with van der Waals surface area (Å²) >= 11 is 1.24. The zero-order chi connectivity index (χ0) is 16.2. The maximum atomic E-state index is 12.2. The number of amides is 2. The maximum Gasteiger partial charge on any atom is 0.253 e. The van der Waals surface area contributed by atoms with Crippen LogP contribution in [0.1, 0.15) is 29.0 Å². The van der Waals surface area contributed by atoms with E-state index in [9.17, 15) is 9.59 Å². The van der Waals surface area contributed by atoms with Gasteiger partial charge in [-0.3, -0.25) is 14.7 Å². The van der Waals surface area contributed by atoms with Crippen molar-refractivity contribution in [1.82, 2.24) is 20.5 Å². The average molecular weight is 331 g/mol. The van der Waals surface area contributed by atoms with Crippen LogP contribution in [0.15, 0.2) is 29.4 Å². The van der Waals surface area contributed by atoms with E-state index < -0.39 is 0 Å². The molecule has 1 aliphatic rings. The highest BCUT2D eigenvalue weighted by Gasteiger charge is 2.25. The van der Waals surface area contributed by atoms with Crippen molar-refractivity contribution < 1.29 is 9.59 Å². The van der Waals surface area contributed by atoms with E-state index >= 15 is 0 Å². The monoisotopic (exact) mass is 331 g/mol. The van der Waals surface area contributed by atoms with E-state index in [-0.39, 0.29) is 23.6 Å². The standard InChI is InChI=1S/C15H17N5O2S/c1-9-16-15(20-19-9)23-8-13(21)18-12-5-3-2-4-11(12)14(22)17-10-6-7-10/h2-5,10H,6-8H2,1H3,(H,17,22)(H,18,21)(H,16,19,20). The fourth-order valence-electron chi connectivity index (χ4n) is 1.98. The van der Waals surface area contributed by atoms with Gasteiger partial charge < -0.3 is 10.6 Å². The molecule has 0 unspecified atom stereocenters. The Morgan fingerprint density at radius 2 is 2.13 bits per heavy atom. The molecule has 2 aromatic rings. The van der Waals surface area contributed by atoms with Crippen LogP contribution in [-0.4, -0.2) is 38.8 Å². The first-order chi connectivity index (χ1) is 11.1. The Hall–Kier alpha value is -2.35. The summed E-state index contributed by atoms with van der Waals surface area (Å²) in [7, 11) is 0. The molecule has 1 saturated carbocycles. The lowest BCUT2D eigenvalue weighted by atomic mass is 10.1. The van der Waals surface area contributed by atoms with Crippen LogP contribution >= 0.6 is 11.8 Å². The molecule has 0 radical (unpaired) electrons. The van der Waals surface area contributed by atoms with E-state index in [1.807, 2.05) is 0 Å². The van der Waals surface area contributed by atoms with E-state index in [0.717, 1.165) is 12.8 Å². The van der Waals surface area contributed by atoms with Crippen LogP contribution in [0.5, 0.6) is 0 Å². The van der Waals surface area contributed by atoms with Gasteiger partial charge >= 0.3 is 0 Å². The van der Waals surface area contributed by atoms with Gasteiger partial charge in [-0.05, 0) is 31.9 Å². The molecule has 23 heavy (non-hydrogen) atoms. The number of aryl methyl sites for hydroxylation is 1. The van der Waals surface area contributed by atoms with Crippen LogP contribution in [0.4, 0.5) is 5.69 Å². The lowest BCUT2D eigenvalue weighted by molar-refractivity contribution is -0.113. The summed E-state index contributed by atoms with van der Waals surface area (Å²) in [5.74, 6) is 0.523. The van der Waals surface area contributed by atoms with Crippen LogP contribution < -0.4 is 10.6 Å². The largest absolute Gasteiger partial charge is 0.349 e. The van der Waals surface area contributed by atoms with Gasteiger partial charge in [-0.2, -0.15) is 0 Å². The van der Waals surface area contributed by atoms with Crippen molar-refractivity contribution in [3.8, 4) is 0 Å². The Balaban J connectivity index is 1.60. The first-order valence-corrected chi connectivity index (χ1v) is 8.32. The van der Waals surface area contributed by atoms with Crippen LogP contribution in [0.25, 0.3) is 0 Å². The SMILES string of the molecule is Cc1nc(SCC(=O)Nc2ccccc2C(=O)NC2CC2)n[nH]1. The summed E-state index contributed by atoms with van der Waals surface area (Å²) in [6.45, 7) is 1.80. The van der Waals surface area contributed by atoms with Gasteiger partial charge in [-0.15, -0.1) is 5.10 Å². The number of H-pyrrole nitrogens is 1. The molecule has 3 rings (SSSR count). The number of hydrogen-bond donors (Lipinski definition) is 3. The normalized spacial score (nSPS) is 13.6. The van der Waals surface area contributed by atoms with E-state index in [2.05, 4.69) is 25.8 Å². The van der Waals surface area contributed by atoms with Crippen molar-refractivity contribution in [2.75, 3.05) is 11.1 Å². The number of thioether (sulfide) groups is 1. The highest BCUT2D eigenvalue weighted by molar-refractivity contribution is 7.99. The number of aromatic nitrogens is 3. The van der Waals surface area contributed by atoms with Gasteiger partial charge in [0.25, 0.3) is 5.91 Å². The lowest BCUT2D eigenvalue weighted by Crippen LogP contribution is -2.27. The molecule has 1 aliphatic carbocycles. The van der Waals surface area contributed by atoms with E-state index in [4.69, 9.17) is 0 Å². The van der Waals surface area contributed by atoms with Crippen molar-refractivity contribution in [2.24, 2.45) is 0 Å². The second-order valence-electron chi connectivity index (χ2n) is 5.33. The third-order valence-electron chi connectivity index (χ3n) is 3.27. The minimum atomic E-state index is -0.205. The minimum absolute atomic E-state index is 0.152. The molecule has 8 heteroatoms. The van der Waals surface area contributed by atoms with Gasteiger partial charge in [-0.25, -0.2) is 4.98 Å². The Labute approximate surface area is 137 Å². The Morgan fingerprint density at radius 1 is 1.35 bits per heavy atom. The number of benzene rings is 1. The predicted octanol–water partition coefficient (Wildman–Crippen LogP) is 1.74. The first-order valence-electron chi connectivity index (χ1n) is 7.33. The van der Waals surface area contributed by atoms with Crippen molar-refractivity contribution in [2.45, 2.75) is 31.0 Å². The summed E-state index contributed by atoms with van der Waals surface area (Å²) in [5.41, 5.74) is 0.994. The van der Waals surface area contributed by atoms with E-state index in [1.54, 1.807) is 31.2 Å². The number of para-hydroxylation sites is 1.